The van der Waals surface area contributed by atoms with Crippen molar-refractivity contribution in [3.05, 3.63) is 29.1 Å². The molecule has 5 heteroatoms. The summed E-state index contributed by atoms with van der Waals surface area (Å²) < 4.78 is 24.6. The van der Waals surface area contributed by atoms with Crippen LogP contribution in [0.5, 0.6) is 0 Å². The van der Waals surface area contributed by atoms with Crippen molar-refractivity contribution in [1.82, 2.24) is 4.98 Å². The Bertz CT molecular complexity index is 641. The summed E-state index contributed by atoms with van der Waals surface area (Å²) in [5.41, 5.74) is 2.35. The number of carbonyl (C=O) groups is 1. The lowest BCUT2D eigenvalue weighted by atomic mass is 9.84. The van der Waals surface area contributed by atoms with Gasteiger partial charge in [0.1, 0.15) is 0 Å². The molecule has 2 atom stereocenters. The quantitative estimate of drug-likeness (QED) is 0.788. The van der Waals surface area contributed by atoms with Gasteiger partial charge in [-0.3, -0.25) is 9.78 Å². The predicted molar refractivity (Wildman–Crippen MR) is 81.1 cm³/mol. The van der Waals surface area contributed by atoms with Gasteiger partial charge in [0, 0.05) is 22.9 Å². The number of aromatic nitrogens is 1. The Morgan fingerprint density at radius 2 is 1.62 bits per heavy atom. The number of nitrogens with zero attached hydrogens (tertiary/aromatic N) is 1. The van der Waals surface area contributed by atoms with Gasteiger partial charge in [-0.05, 0) is 51.7 Å². The average Bonchev–Trinajstić information content (AvgIpc) is 2.35. The Morgan fingerprint density at radius 1 is 1.10 bits per heavy atom. The summed E-state index contributed by atoms with van der Waals surface area (Å²) in [6, 6.07) is 3.63. The summed E-state index contributed by atoms with van der Waals surface area (Å²) in [5, 5.41) is -0.606. The molecule has 0 radical (unpaired) electrons. The lowest BCUT2D eigenvalue weighted by Gasteiger charge is -2.38. The zero-order valence-corrected chi connectivity index (χ0v) is 13.3. The van der Waals surface area contributed by atoms with E-state index in [1.165, 1.54) is 0 Å². The summed E-state index contributed by atoms with van der Waals surface area (Å²) in [5.74, 6) is -0.0552. The van der Waals surface area contributed by atoms with E-state index in [9.17, 15) is 13.2 Å². The van der Waals surface area contributed by atoms with E-state index in [-0.39, 0.29) is 22.2 Å². The second-order valence-electron chi connectivity index (χ2n) is 6.44. The molecule has 1 aromatic rings. The van der Waals surface area contributed by atoms with Crippen molar-refractivity contribution in [3.8, 4) is 0 Å². The first-order valence-corrected chi connectivity index (χ1v) is 9.21. The number of Topliss-reactive ketones (excluding diaryl/α,β-unsaturated/α-hetero) is 1. The number of aryl methyl sites for hydroxylation is 2. The number of carbonyl (C=O) groups excluding carboxylic acids is 1. The molecule has 2 bridgehead atoms. The molecule has 4 nitrogen and oxygen atoms in total. The van der Waals surface area contributed by atoms with Crippen LogP contribution in [0.4, 0.5) is 0 Å². The second kappa shape index (κ2) is 5.20. The number of sulfone groups is 1. The molecule has 1 aromatic heterocycles. The van der Waals surface area contributed by atoms with Crippen molar-refractivity contribution >= 4 is 15.6 Å². The third kappa shape index (κ3) is 2.63. The van der Waals surface area contributed by atoms with Crippen molar-refractivity contribution in [1.29, 1.82) is 0 Å². The summed E-state index contributed by atoms with van der Waals surface area (Å²) in [6.07, 6.45) is 3.41. The van der Waals surface area contributed by atoms with Crippen molar-refractivity contribution in [3.63, 3.8) is 0 Å². The van der Waals surface area contributed by atoms with E-state index in [4.69, 9.17) is 0 Å². The van der Waals surface area contributed by atoms with Crippen molar-refractivity contribution < 1.29 is 13.2 Å². The molecule has 2 fully saturated rings. The molecule has 0 spiro atoms. The maximum Gasteiger partial charge on any atom is 0.166 e. The van der Waals surface area contributed by atoms with Crippen LogP contribution < -0.4 is 0 Å². The number of hydrogen-bond acceptors (Lipinski definition) is 4. The fourth-order valence-corrected chi connectivity index (χ4v) is 6.37. The van der Waals surface area contributed by atoms with Gasteiger partial charge >= 0.3 is 0 Å². The van der Waals surface area contributed by atoms with Crippen molar-refractivity contribution in [2.24, 2.45) is 5.92 Å². The van der Waals surface area contributed by atoms with Gasteiger partial charge in [-0.2, -0.15) is 0 Å². The van der Waals surface area contributed by atoms with Crippen molar-refractivity contribution in [2.45, 2.75) is 56.5 Å². The molecule has 0 amide bonds. The first kappa shape index (κ1) is 14.7. The van der Waals surface area contributed by atoms with Crippen LogP contribution in [-0.2, 0) is 9.84 Å². The third-order valence-corrected chi connectivity index (χ3v) is 7.53. The standard InChI is InChI=1S/C16H21NO3S/c1-10-6-12(7-11(2)17-10)16(18)13-8-14-4-3-5-15(9-13)21(14,19)20/h6-7,13-15H,3-5,8-9H2,1-2H3. The molecule has 2 aliphatic heterocycles. The van der Waals surface area contributed by atoms with E-state index in [1.807, 2.05) is 26.0 Å². The van der Waals surface area contributed by atoms with Gasteiger partial charge in [0.2, 0.25) is 0 Å². The number of fused-ring (bicyclic) bond motifs is 2. The van der Waals surface area contributed by atoms with Crippen LogP contribution in [-0.4, -0.2) is 29.7 Å². The maximum atomic E-state index is 12.7. The van der Waals surface area contributed by atoms with Crippen LogP contribution in [0.2, 0.25) is 0 Å². The van der Waals surface area contributed by atoms with Gasteiger partial charge in [0.05, 0.1) is 10.5 Å². The largest absolute Gasteiger partial charge is 0.294 e. The monoisotopic (exact) mass is 307 g/mol. The van der Waals surface area contributed by atoms with Crippen LogP contribution in [0.15, 0.2) is 12.1 Å². The molecular formula is C16H21NO3S. The minimum atomic E-state index is -3.00. The molecule has 3 heterocycles. The molecule has 0 aromatic carbocycles. The van der Waals surface area contributed by atoms with E-state index in [0.29, 0.717) is 18.4 Å². The molecular weight excluding hydrogens is 286 g/mol. The molecule has 2 saturated heterocycles. The van der Waals surface area contributed by atoms with E-state index >= 15 is 0 Å². The number of rotatable bonds is 2. The highest BCUT2D eigenvalue weighted by Gasteiger charge is 2.46. The fraction of sp³-hybridized carbons (Fsp3) is 0.625. The number of ketones is 1. The lowest BCUT2D eigenvalue weighted by Crippen LogP contribution is -2.45. The van der Waals surface area contributed by atoms with Gasteiger partial charge < -0.3 is 0 Å². The smallest absolute Gasteiger partial charge is 0.166 e. The fourth-order valence-electron chi connectivity index (χ4n) is 3.84. The van der Waals surface area contributed by atoms with Gasteiger partial charge in [-0.1, -0.05) is 6.42 Å². The Kier molecular flexibility index (Phi) is 3.64. The Morgan fingerprint density at radius 3 is 2.14 bits per heavy atom. The molecule has 0 N–H and O–H groups in total. The van der Waals surface area contributed by atoms with Crippen molar-refractivity contribution in [2.75, 3.05) is 0 Å². The summed E-state index contributed by atoms with van der Waals surface area (Å²) >= 11 is 0. The highest BCUT2D eigenvalue weighted by molar-refractivity contribution is 7.92. The number of pyridine rings is 1. The normalized spacial score (nSPS) is 30.9. The molecule has 21 heavy (non-hydrogen) atoms. The Hall–Kier alpha value is -1.23. The van der Waals surface area contributed by atoms with E-state index in [1.54, 1.807) is 0 Å². The van der Waals surface area contributed by atoms with Crippen LogP contribution in [0.1, 0.15) is 53.8 Å². The first-order chi connectivity index (χ1) is 9.88. The van der Waals surface area contributed by atoms with Crippen LogP contribution in [0.3, 0.4) is 0 Å². The zero-order valence-electron chi connectivity index (χ0n) is 12.5. The summed E-state index contributed by atoms with van der Waals surface area (Å²) in [4.78, 5) is 17.0. The SMILES string of the molecule is Cc1cc(C(=O)C2CC3CCCC(C2)S3(=O)=O)cc(C)n1. The Labute approximate surface area is 125 Å². The molecule has 3 rings (SSSR count). The lowest BCUT2D eigenvalue weighted by molar-refractivity contribution is 0.0893. The molecule has 114 valence electrons. The minimum Gasteiger partial charge on any atom is -0.294 e. The molecule has 2 aliphatic rings. The maximum absolute atomic E-state index is 12.7. The van der Waals surface area contributed by atoms with Crippen LogP contribution >= 0.6 is 0 Å². The van der Waals surface area contributed by atoms with Gasteiger partial charge in [-0.15, -0.1) is 0 Å². The molecule has 2 unspecified atom stereocenters. The predicted octanol–water partition coefficient (Wildman–Crippen LogP) is 2.63. The third-order valence-electron chi connectivity index (χ3n) is 4.81. The van der Waals surface area contributed by atoms with Crippen LogP contribution in [0, 0.1) is 19.8 Å². The Balaban J connectivity index is 1.87. The number of hydrogen-bond donors (Lipinski definition) is 0. The van der Waals surface area contributed by atoms with Crippen LogP contribution in [0.25, 0.3) is 0 Å². The van der Waals surface area contributed by atoms with E-state index in [2.05, 4.69) is 4.98 Å². The summed E-state index contributed by atoms with van der Waals surface area (Å²) in [7, 11) is -3.00. The first-order valence-electron chi connectivity index (χ1n) is 7.60. The zero-order chi connectivity index (χ0) is 15.2. The van der Waals surface area contributed by atoms with E-state index < -0.39 is 9.84 Å². The minimum absolute atomic E-state index is 0.0930. The highest BCUT2D eigenvalue weighted by atomic mass is 32.2. The van der Waals surface area contributed by atoms with Gasteiger partial charge in [0.25, 0.3) is 0 Å². The topological polar surface area (TPSA) is 64.1 Å². The highest BCUT2D eigenvalue weighted by Crippen LogP contribution is 2.40. The van der Waals surface area contributed by atoms with Gasteiger partial charge in [-0.25, -0.2) is 8.42 Å². The average molecular weight is 307 g/mol. The molecule has 0 saturated carbocycles. The summed E-state index contributed by atoms with van der Waals surface area (Å²) in [6.45, 7) is 3.76. The second-order valence-corrected chi connectivity index (χ2v) is 8.95. The van der Waals surface area contributed by atoms with Gasteiger partial charge in [0.15, 0.2) is 15.6 Å². The molecule has 0 aliphatic carbocycles. The van der Waals surface area contributed by atoms with E-state index in [0.717, 1.165) is 30.7 Å².